The Balaban J connectivity index is 2.34. The standard InChI is InChI=1S/C23H38N4O6S/c1-13-14(2)19(15(3)16-12-23(7,8)32-18(13)16)34(30,31)27-21(26-33-22(4,5)6)25-11-9-10-17(24)20(28)29/h17H,9-12,24H2,1-8H3,(H,28,29)(H2,25,26,27)/t17-/m0/s1. The van der Waals surface area contributed by atoms with E-state index in [-0.39, 0.29) is 23.8 Å². The number of sulfonamides is 1. The average molecular weight is 499 g/mol. The van der Waals surface area contributed by atoms with Crippen LogP contribution in [0.25, 0.3) is 0 Å². The van der Waals surface area contributed by atoms with Crippen LogP contribution in [0.15, 0.2) is 10.1 Å². The number of guanidine groups is 1. The first-order chi connectivity index (χ1) is 15.4. The molecule has 5 N–H and O–H groups in total. The number of nitrogens with two attached hydrogens (primary N) is 1. The lowest BCUT2D eigenvalue weighted by Gasteiger charge is -2.21. The third-order valence-corrected chi connectivity index (χ3v) is 7.12. The molecule has 10 nitrogen and oxygen atoms in total. The molecule has 2 rings (SSSR count). The summed E-state index contributed by atoms with van der Waals surface area (Å²) in [6, 6.07) is -0.990. The predicted octanol–water partition coefficient (Wildman–Crippen LogP) is 2.47. The maximum Gasteiger partial charge on any atom is 0.320 e. The molecule has 0 saturated heterocycles. The second kappa shape index (κ2) is 9.99. The van der Waals surface area contributed by atoms with Crippen molar-refractivity contribution >= 4 is 22.0 Å². The molecule has 0 saturated carbocycles. The maximum atomic E-state index is 13.5. The second-order valence-corrected chi connectivity index (χ2v) is 11.9. The number of rotatable bonds is 8. The fourth-order valence-electron chi connectivity index (χ4n) is 3.75. The number of carboxylic acid groups (broad SMARTS) is 1. The van der Waals surface area contributed by atoms with E-state index in [0.29, 0.717) is 24.0 Å². The number of nitrogens with zero attached hydrogens (tertiary/aromatic N) is 1. The van der Waals surface area contributed by atoms with Crippen LogP contribution in [0.4, 0.5) is 0 Å². The van der Waals surface area contributed by atoms with Gasteiger partial charge in [-0.3, -0.25) is 4.79 Å². The summed E-state index contributed by atoms with van der Waals surface area (Å²) in [4.78, 5) is 16.5. The number of fused-ring (bicyclic) bond motifs is 1. The normalized spacial score (nSPS) is 16.4. The molecule has 1 aromatic carbocycles. The van der Waals surface area contributed by atoms with E-state index in [4.69, 9.17) is 20.4 Å². The SMILES string of the molecule is Cc1c(C)c(S(=O)(=O)N/C(=N\OC(C)(C)C)NCCC[C@H](N)C(=O)O)c(C)c2c1OC(C)(C)C2. The van der Waals surface area contributed by atoms with Crippen molar-refractivity contribution in [1.29, 1.82) is 0 Å². The first kappa shape index (κ1) is 27.7. The predicted molar refractivity (Wildman–Crippen MR) is 131 cm³/mol. The van der Waals surface area contributed by atoms with Gasteiger partial charge in [-0.2, -0.15) is 0 Å². The molecule has 34 heavy (non-hydrogen) atoms. The van der Waals surface area contributed by atoms with Crippen LogP contribution in [0.5, 0.6) is 5.75 Å². The third kappa shape index (κ3) is 6.75. The summed E-state index contributed by atoms with van der Waals surface area (Å²) in [5.41, 5.74) is 7.38. The molecule has 0 radical (unpaired) electrons. The van der Waals surface area contributed by atoms with Gasteiger partial charge in [0.2, 0.25) is 5.96 Å². The fraction of sp³-hybridized carbons (Fsp3) is 0.652. The lowest BCUT2D eigenvalue weighted by Crippen LogP contribution is -2.43. The Morgan fingerprint density at radius 3 is 2.41 bits per heavy atom. The van der Waals surface area contributed by atoms with Crippen LogP contribution in [-0.2, 0) is 26.1 Å². The minimum absolute atomic E-state index is 0.0904. The van der Waals surface area contributed by atoms with E-state index >= 15 is 0 Å². The molecule has 0 unspecified atom stereocenters. The Labute approximate surface area is 202 Å². The topological polar surface area (TPSA) is 152 Å². The summed E-state index contributed by atoms with van der Waals surface area (Å²) in [5, 5.41) is 15.8. The number of ether oxygens (including phenoxy) is 1. The molecule has 0 amide bonds. The van der Waals surface area contributed by atoms with Crippen LogP contribution in [-0.4, -0.2) is 49.2 Å². The first-order valence-electron chi connectivity index (χ1n) is 11.3. The van der Waals surface area contributed by atoms with E-state index in [1.165, 1.54) is 0 Å². The van der Waals surface area contributed by atoms with E-state index < -0.39 is 33.2 Å². The maximum absolute atomic E-state index is 13.5. The molecule has 1 heterocycles. The molecule has 0 aromatic heterocycles. The summed E-state index contributed by atoms with van der Waals surface area (Å²) < 4.78 is 35.7. The van der Waals surface area contributed by atoms with E-state index in [2.05, 4.69) is 15.2 Å². The van der Waals surface area contributed by atoms with Crippen molar-refractivity contribution in [3.8, 4) is 5.75 Å². The Hall–Kier alpha value is -2.53. The Bertz CT molecular complexity index is 1070. The van der Waals surface area contributed by atoms with Gasteiger partial charge in [0.15, 0.2) is 0 Å². The Kier molecular flexibility index (Phi) is 8.14. The first-order valence-corrected chi connectivity index (χ1v) is 12.8. The van der Waals surface area contributed by atoms with Gasteiger partial charge < -0.3 is 25.7 Å². The summed E-state index contributed by atoms with van der Waals surface area (Å²) in [6.45, 7) is 15.0. The highest BCUT2D eigenvalue weighted by Crippen LogP contribution is 2.43. The summed E-state index contributed by atoms with van der Waals surface area (Å²) >= 11 is 0. The number of hydrogen-bond donors (Lipinski definition) is 4. The van der Waals surface area contributed by atoms with Gasteiger partial charge in [-0.15, -0.1) is 0 Å². The van der Waals surface area contributed by atoms with E-state index in [0.717, 1.165) is 16.9 Å². The molecule has 0 fully saturated rings. The van der Waals surface area contributed by atoms with Gasteiger partial charge in [-0.25, -0.2) is 13.1 Å². The monoisotopic (exact) mass is 498 g/mol. The molecule has 1 aliphatic heterocycles. The molecule has 1 aliphatic rings. The minimum atomic E-state index is -4.03. The van der Waals surface area contributed by atoms with Gasteiger partial charge in [0.1, 0.15) is 23.0 Å². The Morgan fingerprint density at radius 1 is 1.24 bits per heavy atom. The number of oxime groups is 1. The number of hydrogen-bond acceptors (Lipinski definition) is 7. The zero-order valence-electron chi connectivity index (χ0n) is 21.3. The smallest absolute Gasteiger partial charge is 0.320 e. The van der Waals surface area contributed by atoms with Crippen molar-refractivity contribution in [2.24, 2.45) is 10.9 Å². The summed E-state index contributed by atoms with van der Waals surface area (Å²) in [7, 11) is -4.03. The largest absolute Gasteiger partial charge is 0.487 e. The van der Waals surface area contributed by atoms with Crippen LogP contribution in [0.2, 0.25) is 0 Å². The highest BCUT2D eigenvalue weighted by molar-refractivity contribution is 7.90. The van der Waals surface area contributed by atoms with E-state index in [1.807, 2.05) is 20.8 Å². The minimum Gasteiger partial charge on any atom is -0.487 e. The van der Waals surface area contributed by atoms with Crippen molar-refractivity contribution in [2.45, 2.75) is 96.8 Å². The van der Waals surface area contributed by atoms with Crippen molar-refractivity contribution in [3.05, 3.63) is 22.3 Å². The molecular weight excluding hydrogens is 460 g/mol. The lowest BCUT2D eigenvalue weighted by atomic mass is 9.94. The molecular formula is C23H38N4O6S. The van der Waals surface area contributed by atoms with Gasteiger partial charge in [-0.1, -0.05) is 0 Å². The molecule has 11 heteroatoms. The van der Waals surface area contributed by atoms with E-state index in [1.54, 1.807) is 34.6 Å². The van der Waals surface area contributed by atoms with E-state index in [9.17, 15) is 13.2 Å². The van der Waals surface area contributed by atoms with Crippen molar-refractivity contribution < 1.29 is 27.9 Å². The second-order valence-electron chi connectivity index (χ2n) is 10.3. The zero-order chi connectivity index (χ0) is 26.1. The number of carboxylic acids is 1. The summed E-state index contributed by atoms with van der Waals surface area (Å²) in [6.07, 6.45) is 1.22. The van der Waals surface area contributed by atoms with Crippen LogP contribution in [0.3, 0.4) is 0 Å². The van der Waals surface area contributed by atoms with Gasteiger partial charge >= 0.3 is 5.97 Å². The van der Waals surface area contributed by atoms with Crippen molar-refractivity contribution in [3.63, 3.8) is 0 Å². The van der Waals surface area contributed by atoms with Crippen LogP contribution >= 0.6 is 0 Å². The van der Waals surface area contributed by atoms with Gasteiger partial charge in [0, 0.05) is 18.5 Å². The number of benzene rings is 1. The average Bonchev–Trinajstić information content (AvgIpc) is 3.02. The molecule has 192 valence electrons. The highest BCUT2D eigenvalue weighted by atomic mass is 32.2. The third-order valence-electron chi connectivity index (χ3n) is 5.50. The van der Waals surface area contributed by atoms with Gasteiger partial charge in [0.25, 0.3) is 10.0 Å². The highest BCUT2D eigenvalue weighted by Gasteiger charge is 2.37. The number of nitrogens with one attached hydrogen (secondary N) is 2. The fourth-order valence-corrected chi connectivity index (χ4v) is 5.30. The van der Waals surface area contributed by atoms with Gasteiger partial charge in [0.05, 0.1) is 4.90 Å². The quantitative estimate of drug-likeness (QED) is 0.185. The van der Waals surface area contributed by atoms with Gasteiger partial charge in [-0.05, 0) is 90.1 Å². The molecule has 1 atom stereocenters. The molecule has 0 spiro atoms. The van der Waals surface area contributed by atoms with Crippen molar-refractivity contribution in [2.75, 3.05) is 6.54 Å². The lowest BCUT2D eigenvalue weighted by molar-refractivity contribution is -0.138. The number of aliphatic carboxylic acids is 1. The zero-order valence-corrected chi connectivity index (χ0v) is 22.1. The molecule has 0 bridgehead atoms. The van der Waals surface area contributed by atoms with Crippen molar-refractivity contribution in [1.82, 2.24) is 10.0 Å². The number of carbonyl (C=O) groups is 1. The Morgan fingerprint density at radius 2 is 1.85 bits per heavy atom. The molecule has 0 aliphatic carbocycles. The molecule has 1 aromatic rings. The van der Waals surface area contributed by atoms with Crippen LogP contribution in [0, 0.1) is 20.8 Å². The van der Waals surface area contributed by atoms with Crippen LogP contribution in [0.1, 0.15) is 69.7 Å². The van der Waals surface area contributed by atoms with Crippen LogP contribution < -0.4 is 20.5 Å². The summed E-state index contributed by atoms with van der Waals surface area (Å²) in [5.74, 6) is -0.431.